The molecule has 154 valence electrons. The maximum absolute atomic E-state index is 12.6. The van der Waals surface area contributed by atoms with Gasteiger partial charge in [0.1, 0.15) is 14.7 Å². The van der Waals surface area contributed by atoms with Gasteiger partial charge in [0.05, 0.1) is 11.7 Å². The summed E-state index contributed by atoms with van der Waals surface area (Å²) in [4.78, 5) is 38.1. The summed E-state index contributed by atoms with van der Waals surface area (Å²) >= 11 is 13.3. The minimum Gasteiger partial charge on any atom is -0.459 e. The first-order valence-corrected chi connectivity index (χ1v) is 10.8. The lowest BCUT2D eigenvalue weighted by molar-refractivity contribution is -0.152. The number of anilines is 1. The van der Waals surface area contributed by atoms with Crippen LogP contribution in [0.3, 0.4) is 0 Å². The summed E-state index contributed by atoms with van der Waals surface area (Å²) in [6.07, 6.45) is 3.72. The molecule has 1 fully saturated rings. The molecule has 3 rings (SSSR count). The van der Waals surface area contributed by atoms with Crippen molar-refractivity contribution in [1.29, 1.82) is 0 Å². The molecule has 0 spiro atoms. The van der Waals surface area contributed by atoms with E-state index in [-0.39, 0.29) is 12.5 Å². The Balaban J connectivity index is 1.69. The van der Waals surface area contributed by atoms with E-state index in [4.69, 9.17) is 32.7 Å². The second-order valence-electron chi connectivity index (χ2n) is 7.71. The number of nitrogens with one attached hydrogen (secondary N) is 1. The van der Waals surface area contributed by atoms with Crippen LogP contribution in [0.1, 0.15) is 60.8 Å². The minimum atomic E-state index is -1.15. The molecule has 0 bridgehead atoms. The summed E-state index contributed by atoms with van der Waals surface area (Å²) in [6.45, 7) is 4.68. The monoisotopic (exact) mass is 447 g/mol. The number of esters is 2. The maximum Gasteiger partial charge on any atom is 0.341 e. The molecule has 2 aliphatic rings. The van der Waals surface area contributed by atoms with Crippen molar-refractivity contribution in [2.24, 2.45) is 5.41 Å². The van der Waals surface area contributed by atoms with Crippen LogP contribution < -0.4 is 5.32 Å². The summed E-state index contributed by atoms with van der Waals surface area (Å²) in [5.74, 6) is -1.58. The second-order valence-corrected chi connectivity index (χ2v) is 10.3. The molecule has 1 aromatic heterocycles. The fourth-order valence-corrected chi connectivity index (χ4v) is 5.20. The Bertz CT molecular complexity index is 819. The highest BCUT2D eigenvalue weighted by molar-refractivity contribution is 7.17. The van der Waals surface area contributed by atoms with E-state index >= 15 is 0 Å². The van der Waals surface area contributed by atoms with Crippen molar-refractivity contribution >= 4 is 57.4 Å². The number of hydrogen-bond acceptors (Lipinski definition) is 6. The third-order valence-corrected chi connectivity index (χ3v) is 7.32. The first-order valence-electron chi connectivity index (χ1n) is 9.25. The van der Waals surface area contributed by atoms with E-state index in [1.54, 1.807) is 20.8 Å². The van der Waals surface area contributed by atoms with Gasteiger partial charge in [-0.3, -0.25) is 9.59 Å². The minimum absolute atomic E-state index is 0.262. The molecule has 1 amide bonds. The standard InChI is InChI=1S/C19H23Cl2NO5S/c1-10(2)27-16(24)14-11-6-4-5-7-12(11)28-15(14)22-13(23)8-26-17(25)18(3)9-19(18,20)21/h10H,4-9H2,1-3H3,(H,22,23). The fourth-order valence-electron chi connectivity index (χ4n) is 3.22. The lowest BCUT2D eigenvalue weighted by atomic mass is 9.95. The molecule has 1 atom stereocenters. The van der Waals surface area contributed by atoms with Crippen LogP contribution in [0.2, 0.25) is 0 Å². The van der Waals surface area contributed by atoms with Gasteiger partial charge in [-0.25, -0.2) is 4.79 Å². The van der Waals surface area contributed by atoms with Crippen molar-refractivity contribution in [3.63, 3.8) is 0 Å². The Morgan fingerprint density at radius 3 is 2.46 bits per heavy atom. The normalized spacial score (nSPS) is 22.4. The van der Waals surface area contributed by atoms with Crippen molar-refractivity contribution < 1.29 is 23.9 Å². The van der Waals surface area contributed by atoms with Crippen molar-refractivity contribution in [1.82, 2.24) is 0 Å². The molecule has 1 unspecified atom stereocenters. The summed E-state index contributed by atoms with van der Waals surface area (Å²) < 4.78 is 9.28. The highest BCUT2D eigenvalue weighted by atomic mass is 35.5. The number of amides is 1. The number of halogens is 2. The van der Waals surface area contributed by atoms with E-state index in [0.717, 1.165) is 36.1 Å². The number of ether oxygens (including phenoxy) is 2. The predicted octanol–water partition coefficient (Wildman–Crippen LogP) is 4.26. The SMILES string of the molecule is CC(C)OC(=O)c1c(NC(=O)COC(=O)C2(C)CC2(Cl)Cl)sc2c1CCCC2. The molecule has 0 radical (unpaired) electrons. The molecule has 1 N–H and O–H groups in total. The van der Waals surface area contributed by atoms with Crippen LogP contribution in [0.5, 0.6) is 0 Å². The molecule has 0 aliphatic heterocycles. The topological polar surface area (TPSA) is 81.7 Å². The highest BCUT2D eigenvalue weighted by Crippen LogP contribution is 2.64. The van der Waals surface area contributed by atoms with Gasteiger partial charge >= 0.3 is 11.9 Å². The van der Waals surface area contributed by atoms with Crippen LogP contribution in [0.15, 0.2) is 0 Å². The van der Waals surface area contributed by atoms with E-state index in [1.807, 2.05) is 0 Å². The van der Waals surface area contributed by atoms with Gasteiger partial charge in [0.15, 0.2) is 6.61 Å². The number of fused-ring (bicyclic) bond motifs is 1. The van der Waals surface area contributed by atoms with Gasteiger partial charge < -0.3 is 14.8 Å². The van der Waals surface area contributed by atoms with E-state index in [0.29, 0.717) is 10.6 Å². The molecule has 1 saturated carbocycles. The van der Waals surface area contributed by atoms with Crippen LogP contribution in [-0.4, -0.2) is 34.9 Å². The largest absolute Gasteiger partial charge is 0.459 e. The number of carbonyl (C=O) groups excluding carboxylic acids is 3. The summed E-state index contributed by atoms with van der Waals surface area (Å²) in [5, 5.41) is 3.15. The fraction of sp³-hybridized carbons (Fsp3) is 0.632. The number of thiophene rings is 1. The van der Waals surface area contributed by atoms with Gasteiger partial charge in [-0.1, -0.05) is 0 Å². The lowest BCUT2D eigenvalue weighted by Crippen LogP contribution is -2.27. The molecular weight excluding hydrogens is 425 g/mol. The molecule has 0 saturated heterocycles. The van der Waals surface area contributed by atoms with Crippen molar-refractivity contribution in [3.05, 3.63) is 16.0 Å². The molecule has 28 heavy (non-hydrogen) atoms. The van der Waals surface area contributed by atoms with E-state index < -0.39 is 34.2 Å². The second kappa shape index (κ2) is 7.84. The maximum atomic E-state index is 12.6. The van der Waals surface area contributed by atoms with Crippen LogP contribution in [-0.2, 0) is 31.9 Å². The third-order valence-electron chi connectivity index (χ3n) is 5.01. The number of aryl methyl sites for hydroxylation is 1. The van der Waals surface area contributed by atoms with E-state index in [2.05, 4.69) is 5.32 Å². The van der Waals surface area contributed by atoms with Crippen molar-refractivity contribution in [3.8, 4) is 0 Å². The Labute approximate surface area is 177 Å². The Morgan fingerprint density at radius 1 is 1.21 bits per heavy atom. The molecule has 1 aromatic rings. The molecule has 0 aromatic carbocycles. The number of alkyl halides is 2. The van der Waals surface area contributed by atoms with Crippen LogP contribution >= 0.6 is 34.5 Å². The zero-order valence-electron chi connectivity index (χ0n) is 16.0. The zero-order valence-corrected chi connectivity index (χ0v) is 18.4. The van der Waals surface area contributed by atoms with Gasteiger partial charge in [-0.05, 0) is 52.0 Å². The van der Waals surface area contributed by atoms with Gasteiger partial charge in [0.25, 0.3) is 5.91 Å². The molecule has 1 heterocycles. The number of rotatable bonds is 6. The predicted molar refractivity (Wildman–Crippen MR) is 108 cm³/mol. The zero-order chi connectivity index (χ0) is 20.7. The third kappa shape index (κ3) is 4.16. The first kappa shape index (κ1) is 21.4. The molecular formula is C19H23Cl2NO5S. The van der Waals surface area contributed by atoms with Crippen LogP contribution in [0.4, 0.5) is 5.00 Å². The number of hydrogen-bond donors (Lipinski definition) is 1. The van der Waals surface area contributed by atoms with Crippen molar-refractivity contribution in [2.75, 3.05) is 11.9 Å². The summed E-state index contributed by atoms with van der Waals surface area (Å²) in [7, 11) is 0. The van der Waals surface area contributed by atoms with Crippen LogP contribution in [0, 0.1) is 5.41 Å². The van der Waals surface area contributed by atoms with Gasteiger partial charge in [-0.2, -0.15) is 0 Å². The van der Waals surface area contributed by atoms with E-state index in [1.165, 1.54) is 11.3 Å². The summed E-state index contributed by atoms with van der Waals surface area (Å²) in [6, 6.07) is 0. The van der Waals surface area contributed by atoms with Gasteiger partial charge in [0.2, 0.25) is 0 Å². The van der Waals surface area contributed by atoms with Crippen LogP contribution in [0.25, 0.3) is 0 Å². The van der Waals surface area contributed by atoms with Gasteiger partial charge in [0, 0.05) is 11.3 Å². The molecule has 9 heteroatoms. The lowest BCUT2D eigenvalue weighted by Gasteiger charge is -2.14. The molecule has 2 aliphatic carbocycles. The average Bonchev–Trinajstić information content (AvgIpc) is 2.96. The number of carbonyl (C=O) groups is 3. The Morgan fingerprint density at radius 2 is 1.86 bits per heavy atom. The Kier molecular flexibility index (Phi) is 5.99. The van der Waals surface area contributed by atoms with Gasteiger partial charge in [-0.15, -0.1) is 34.5 Å². The van der Waals surface area contributed by atoms with Crippen molar-refractivity contribution in [2.45, 2.75) is 63.3 Å². The smallest absolute Gasteiger partial charge is 0.341 e. The Hall–Kier alpha value is -1.31. The molecule has 6 nitrogen and oxygen atoms in total. The first-order chi connectivity index (χ1) is 13.0. The highest BCUT2D eigenvalue weighted by Gasteiger charge is 2.69. The van der Waals surface area contributed by atoms with E-state index in [9.17, 15) is 14.4 Å². The average molecular weight is 448 g/mol. The summed E-state index contributed by atoms with van der Waals surface area (Å²) in [5.41, 5.74) is 0.376. The quantitative estimate of drug-likeness (QED) is 0.520.